The van der Waals surface area contributed by atoms with Crippen LogP contribution >= 0.6 is 0 Å². The molecule has 1 saturated carbocycles. The van der Waals surface area contributed by atoms with E-state index in [2.05, 4.69) is 12.1 Å². The second-order valence-corrected chi connectivity index (χ2v) is 11.2. The zero-order valence-corrected chi connectivity index (χ0v) is 20.9. The van der Waals surface area contributed by atoms with Gasteiger partial charge in [-0.25, -0.2) is 8.78 Å². The van der Waals surface area contributed by atoms with Gasteiger partial charge in [-0.3, -0.25) is 9.59 Å². The first-order valence-corrected chi connectivity index (χ1v) is 13.5. The molecule has 0 N–H and O–H groups in total. The van der Waals surface area contributed by atoms with Crippen molar-refractivity contribution in [3.63, 3.8) is 0 Å². The standard InChI is InChI=1S/C30H36F2NO3/c31-25-10-11-27(32)23(18-25)19-26(34)20-33-16-12-22(13-17-33)28(21-33)36-29(35)30(14-6-1-2-7-15-30)24-8-4-3-5-9-24/h3-5,8-11,18,22,28H,1-2,6-7,12-17,19-21H2/q+1/t22?,28-,33?/m0/s1. The van der Waals surface area contributed by atoms with E-state index in [4.69, 9.17) is 4.74 Å². The lowest BCUT2D eigenvalue weighted by molar-refractivity contribution is -0.939. The molecule has 3 heterocycles. The van der Waals surface area contributed by atoms with E-state index in [-0.39, 0.29) is 36.4 Å². The van der Waals surface area contributed by atoms with Crippen LogP contribution in [0.15, 0.2) is 48.5 Å². The summed E-state index contributed by atoms with van der Waals surface area (Å²) in [4.78, 5) is 26.8. The number of halogens is 2. The summed E-state index contributed by atoms with van der Waals surface area (Å²) in [7, 11) is 0. The molecule has 1 atom stereocenters. The van der Waals surface area contributed by atoms with Crippen molar-refractivity contribution in [2.45, 2.75) is 69.3 Å². The molecule has 1 aliphatic carbocycles. The Morgan fingerprint density at radius 3 is 2.33 bits per heavy atom. The fourth-order valence-electron chi connectivity index (χ4n) is 6.85. The Labute approximate surface area is 212 Å². The fourth-order valence-corrected chi connectivity index (χ4v) is 6.85. The van der Waals surface area contributed by atoms with E-state index in [1.165, 1.54) is 0 Å². The number of hydrogen-bond donors (Lipinski definition) is 0. The highest BCUT2D eigenvalue weighted by Crippen LogP contribution is 2.42. The molecule has 4 fully saturated rings. The number of nitrogens with zero attached hydrogens (tertiary/aromatic N) is 1. The Morgan fingerprint density at radius 1 is 0.944 bits per heavy atom. The van der Waals surface area contributed by atoms with Gasteiger partial charge in [-0.2, -0.15) is 0 Å². The maximum Gasteiger partial charge on any atom is 0.317 e. The number of carbonyl (C=O) groups is 2. The average Bonchev–Trinajstić information content (AvgIpc) is 3.14. The zero-order valence-electron chi connectivity index (χ0n) is 20.9. The van der Waals surface area contributed by atoms with Gasteiger partial charge in [0.25, 0.3) is 0 Å². The van der Waals surface area contributed by atoms with E-state index in [9.17, 15) is 18.4 Å². The molecule has 3 aliphatic heterocycles. The third-order valence-electron chi connectivity index (χ3n) is 8.88. The number of Topliss-reactive ketones (excluding diaryl/α,β-unsaturated/α-hetero) is 1. The molecule has 0 radical (unpaired) electrons. The van der Waals surface area contributed by atoms with Gasteiger partial charge >= 0.3 is 5.97 Å². The van der Waals surface area contributed by atoms with Crippen LogP contribution < -0.4 is 0 Å². The lowest BCUT2D eigenvalue weighted by atomic mass is 9.74. The highest BCUT2D eigenvalue weighted by molar-refractivity contribution is 5.83. The predicted molar refractivity (Wildman–Crippen MR) is 133 cm³/mol. The van der Waals surface area contributed by atoms with Gasteiger partial charge in [0.2, 0.25) is 0 Å². The molecule has 0 spiro atoms. The molecule has 192 valence electrons. The normalized spacial score (nSPS) is 27.3. The third-order valence-corrected chi connectivity index (χ3v) is 8.88. The van der Waals surface area contributed by atoms with Crippen LogP contribution in [0.1, 0.15) is 62.5 Å². The van der Waals surface area contributed by atoms with Crippen molar-refractivity contribution in [1.29, 1.82) is 0 Å². The topological polar surface area (TPSA) is 43.4 Å². The van der Waals surface area contributed by atoms with Crippen LogP contribution in [0, 0.1) is 17.6 Å². The Kier molecular flexibility index (Phi) is 7.25. The number of ketones is 1. The number of benzene rings is 2. The first kappa shape index (κ1) is 25.1. The number of ether oxygens (including phenoxy) is 1. The van der Waals surface area contributed by atoms with Gasteiger partial charge in [-0.15, -0.1) is 0 Å². The summed E-state index contributed by atoms with van der Waals surface area (Å²) in [5.74, 6) is -0.982. The minimum Gasteiger partial charge on any atom is -0.455 e. The number of hydrogen-bond acceptors (Lipinski definition) is 3. The van der Waals surface area contributed by atoms with Gasteiger partial charge in [0.05, 0.1) is 18.5 Å². The molecule has 6 heteroatoms. The molecule has 4 nitrogen and oxygen atoms in total. The number of rotatable bonds is 7. The van der Waals surface area contributed by atoms with E-state index in [1.807, 2.05) is 18.2 Å². The van der Waals surface area contributed by atoms with Crippen LogP contribution in [0.5, 0.6) is 0 Å². The quantitative estimate of drug-likeness (QED) is 0.288. The van der Waals surface area contributed by atoms with Crippen molar-refractivity contribution in [1.82, 2.24) is 0 Å². The summed E-state index contributed by atoms with van der Waals surface area (Å²) >= 11 is 0. The van der Waals surface area contributed by atoms with Gasteiger partial charge in [0, 0.05) is 25.2 Å². The van der Waals surface area contributed by atoms with Gasteiger partial charge < -0.3 is 9.22 Å². The maximum atomic E-state index is 14.1. The number of carbonyl (C=O) groups excluding carboxylic acids is 2. The Balaban J connectivity index is 1.30. The van der Waals surface area contributed by atoms with Gasteiger partial charge in [0.1, 0.15) is 24.7 Å². The largest absolute Gasteiger partial charge is 0.455 e. The second kappa shape index (κ2) is 10.4. The Hall–Kier alpha value is -2.60. The third kappa shape index (κ3) is 5.10. The molecule has 4 aliphatic rings. The summed E-state index contributed by atoms with van der Waals surface area (Å²) in [6.07, 6.45) is 7.44. The van der Waals surface area contributed by atoms with Crippen molar-refractivity contribution in [2.75, 3.05) is 26.2 Å². The smallest absolute Gasteiger partial charge is 0.317 e. The summed E-state index contributed by atoms with van der Waals surface area (Å²) in [6, 6.07) is 13.3. The van der Waals surface area contributed by atoms with Gasteiger partial charge in [-0.05, 0) is 42.2 Å². The lowest BCUT2D eigenvalue weighted by Gasteiger charge is -2.52. The molecule has 2 aromatic carbocycles. The monoisotopic (exact) mass is 496 g/mol. The first-order chi connectivity index (χ1) is 17.4. The predicted octanol–water partition coefficient (Wildman–Crippen LogP) is 5.52. The highest BCUT2D eigenvalue weighted by atomic mass is 19.1. The van der Waals surface area contributed by atoms with Crippen molar-refractivity contribution in [3.05, 3.63) is 71.3 Å². The molecule has 0 unspecified atom stereocenters. The molecule has 6 rings (SSSR count). The van der Waals surface area contributed by atoms with E-state index in [1.54, 1.807) is 0 Å². The van der Waals surface area contributed by atoms with Gasteiger partial charge in [0.15, 0.2) is 11.9 Å². The Bertz CT molecular complexity index is 1090. The molecule has 0 aromatic heterocycles. The molecule has 0 amide bonds. The van der Waals surface area contributed by atoms with Gasteiger partial charge in [-0.1, -0.05) is 56.0 Å². The minimum atomic E-state index is -0.598. The van der Waals surface area contributed by atoms with Crippen molar-refractivity contribution < 1.29 is 27.6 Å². The second-order valence-electron chi connectivity index (χ2n) is 11.2. The molecular formula is C30H36F2NO3+. The number of esters is 1. The summed E-state index contributed by atoms with van der Waals surface area (Å²) in [5.41, 5.74) is 0.555. The van der Waals surface area contributed by atoms with E-state index >= 15 is 0 Å². The van der Waals surface area contributed by atoms with Crippen molar-refractivity contribution >= 4 is 11.8 Å². The fraction of sp³-hybridized carbons (Fsp3) is 0.533. The molecule has 2 bridgehead atoms. The summed E-state index contributed by atoms with van der Waals surface area (Å²) in [6.45, 7) is 2.61. The minimum absolute atomic E-state index is 0.102. The van der Waals surface area contributed by atoms with Crippen molar-refractivity contribution in [3.8, 4) is 0 Å². The van der Waals surface area contributed by atoms with Crippen LogP contribution in [0.4, 0.5) is 8.78 Å². The molecular weight excluding hydrogens is 460 g/mol. The first-order valence-electron chi connectivity index (χ1n) is 13.5. The summed E-state index contributed by atoms with van der Waals surface area (Å²) in [5, 5.41) is 0. The maximum absolute atomic E-state index is 14.1. The summed E-state index contributed by atoms with van der Waals surface area (Å²) < 4.78 is 34.6. The van der Waals surface area contributed by atoms with Crippen LogP contribution in [0.3, 0.4) is 0 Å². The SMILES string of the molecule is O=C(Cc1cc(F)ccc1F)C[N+]12CCC(CC1)[C@@H](OC(=O)C1(c3ccccc3)CCCCCC1)C2. The number of piperidine rings is 3. The lowest BCUT2D eigenvalue weighted by Crippen LogP contribution is -2.66. The van der Waals surface area contributed by atoms with Crippen LogP contribution in [0.2, 0.25) is 0 Å². The molecule has 2 aromatic rings. The molecule has 36 heavy (non-hydrogen) atoms. The highest BCUT2D eigenvalue weighted by Gasteiger charge is 2.50. The van der Waals surface area contributed by atoms with Crippen LogP contribution in [-0.2, 0) is 26.2 Å². The Morgan fingerprint density at radius 2 is 1.64 bits per heavy atom. The van der Waals surface area contributed by atoms with Crippen molar-refractivity contribution in [2.24, 2.45) is 5.92 Å². The zero-order chi connectivity index (χ0) is 25.2. The number of fused-ring (bicyclic) bond motifs is 3. The van der Waals surface area contributed by atoms with Crippen LogP contribution in [-0.4, -0.2) is 48.5 Å². The van der Waals surface area contributed by atoms with Crippen LogP contribution in [0.25, 0.3) is 0 Å². The van der Waals surface area contributed by atoms with E-state index < -0.39 is 17.0 Å². The number of quaternary nitrogens is 1. The van der Waals surface area contributed by atoms with E-state index in [0.717, 1.165) is 88.2 Å². The average molecular weight is 497 g/mol. The van der Waals surface area contributed by atoms with E-state index in [0.29, 0.717) is 16.9 Å². The molecule has 3 saturated heterocycles.